The molecule has 31 heavy (non-hydrogen) atoms. The number of nitrogens with one attached hydrogen (secondary N) is 2. The molecular formula is C23H33IN4O3. The van der Waals surface area contributed by atoms with E-state index in [1.54, 1.807) is 21.2 Å². The summed E-state index contributed by atoms with van der Waals surface area (Å²) in [6.45, 7) is 4.07. The number of likely N-dealkylation sites (N-methyl/N-ethyl adjacent to an activating group) is 1. The fraction of sp³-hybridized carbons (Fsp3) is 0.391. The van der Waals surface area contributed by atoms with Gasteiger partial charge >= 0.3 is 0 Å². The second kappa shape index (κ2) is 14.5. The predicted molar refractivity (Wildman–Crippen MR) is 136 cm³/mol. The molecule has 0 aliphatic heterocycles. The number of nitrogens with zero attached hydrogens (tertiary/aromatic N) is 2. The number of methoxy groups -OCH3 is 1. The number of carbonyl (C=O) groups is 1. The van der Waals surface area contributed by atoms with Crippen LogP contribution >= 0.6 is 24.0 Å². The highest BCUT2D eigenvalue weighted by atomic mass is 127. The number of amides is 1. The van der Waals surface area contributed by atoms with Crippen molar-refractivity contribution in [1.82, 2.24) is 15.5 Å². The first-order valence-electron chi connectivity index (χ1n) is 10.1. The molecule has 0 radical (unpaired) electrons. The normalized spacial score (nSPS) is 10.6. The van der Waals surface area contributed by atoms with Gasteiger partial charge in [0.05, 0.1) is 13.7 Å². The number of benzene rings is 2. The van der Waals surface area contributed by atoms with Gasteiger partial charge in [-0.15, -0.1) is 24.0 Å². The molecule has 170 valence electrons. The van der Waals surface area contributed by atoms with Crippen molar-refractivity contribution >= 4 is 35.8 Å². The van der Waals surface area contributed by atoms with Crippen LogP contribution in [0.4, 0.5) is 0 Å². The molecule has 8 heteroatoms. The van der Waals surface area contributed by atoms with E-state index < -0.39 is 0 Å². The van der Waals surface area contributed by atoms with Gasteiger partial charge in [-0.05, 0) is 42.7 Å². The van der Waals surface area contributed by atoms with Crippen molar-refractivity contribution in [2.75, 3.05) is 40.9 Å². The number of aliphatic imine (C=N–C) groups is 1. The molecule has 0 saturated heterocycles. The molecule has 0 atom stereocenters. The van der Waals surface area contributed by atoms with Crippen LogP contribution in [0.1, 0.15) is 18.1 Å². The third-order valence-corrected chi connectivity index (χ3v) is 4.40. The highest BCUT2D eigenvalue weighted by molar-refractivity contribution is 14.0. The predicted octanol–water partition coefficient (Wildman–Crippen LogP) is 3.08. The van der Waals surface area contributed by atoms with E-state index >= 15 is 0 Å². The summed E-state index contributed by atoms with van der Waals surface area (Å²) in [6, 6.07) is 15.7. The molecule has 2 rings (SSSR count). The van der Waals surface area contributed by atoms with Crippen LogP contribution in [0.5, 0.6) is 11.5 Å². The molecule has 0 heterocycles. The number of hydrogen-bond donors (Lipinski definition) is 2. The maximum atomic E-state index is 11.7. The van der Waals surface area contributed by atoms with Crippen molar-refractivity contribution in [2.45, 2.75) is 19.9 Å². The monoisotopic (exact) mass is 540 g/mol. The van der Waals surface area contributed by atoms with Gasteiger partial charge in [0.2, 0.25) is 0 Å². The minimum absolute atomic E-state index is 0. The van der Waals surface area contributed by atoms with E-state index in [0.717, 1.165) is 42.3 Å². The zero-order valence-corrected chi connectivity index (χ0v) is 21.0. The fourth-order valence-corrected chi connectivity index (χ4v) is 2.74. The molecule has 0 spiro atoms. The molecular weight excluding hydrogens is 507 g/mol. The van der Waals surface area contributed by atoms with Gasteiger partial charge in [-0.1, -0.05) is 30.3 Å². The number of carbonyl (C=O) groups excluding carboxylic acids is 1. The van der Waals surface area contributed by atoms with Crippen LogP contribution in [0.3, 0.4) is 0 Å². The zero-order chi connectivity index (χ0) is 21.8. The van der Waals surface area contributed by atoms with Gasteiger partial charge in [0.1, 0.15) is 11.5 Å². The van der Waals surface area contributed by atoms with Crippen molar-refractivity contribution in [3.63, 3.8) is 0 Å². The number of hydrogen-bond acceptors (Lipinski definition) is 4. The van der Waals surface area contributed by atoms with Gasteiger partial charge in [-0.3, -0.25) is 4.79 Å². The van der Waals surface area contributed by atoms with Crippen LogP contribution in [-0.2, 0) is 17.8 Å². The van der Waals surface area contributed by atoms with E-state index in [4.69, 9.17) is 9.47 Å². The fourth-order valence-electron chi connectivity index (χ4n) is 2.74. The quantitative estimate of drug-likeness (QED) is 0.275. The lowest BCUT2D eigenvalue weighted by Gasteiger charge is -2.13. The van der Waals surface area contributed by atoms with E-state index in [9.17, 15) is 4.79 Å². The van der Waals surface area contributed by atoms with E-state index in [0.29, 0.717) is 12.3 Å². The second-order valence-electron chi connectivity index (χ2n) is 6.91. The lowest BCUT2D eigenvalue weighted by Crippen LogP contribution is -2.38. The van der Waals surface area contributed by atoms with Crippen molar-refractivity contribution in [3.05, 3.63) is 59.7 Å². The first kappa shape index (κ1) is 26.5. The molecule has 1 amide bonds. The van der Waals surface area contributed by atoms with Crippen molar-refractivity contribution < 1.29 is 14.3 Å². The standard InChI is InChI=1S/C23H32N4O3.HI/c1-5-24-23(25-14-13-19-10-6-7-12-21(19)29-4)26-16-18-9-8-11-20(15-18)30-17-22(28)27(2)3;/h6-12,15H,5,13-14,16-17H2,1-4H3,(H2,24,25,26);1H. The first-order chi connectivity index (χ1) is 14.5. The molecule has 2 N–H and O–H groups in total. The number of halogens is 1. The summed E-state index contributed by atoms with van der Waals surface area (Å²) in [5.74, 6) is 2.23. The topological polar surface area (TPSA) is 75.2 Å². The smallest absolute Gasteiger partial charge is 0.259 e. The molecule has 7 nitrogen and oxygen atoms in total. The van der Waals surface area contributed by atoms with Gasteiger partial charge in [-0.25, -0.2) is 4.99 Å². The van der Waals surface area contributed by atoms with Gasteiger partial charge in [0.15, 0.2) is 12.6 Å². The summed E-state index contributed by atoms with van der Waals surface area (Å²) in [5.41, 5.74) is 2.16. The Kier molecular flexibility index (Phi) is 12.4. The number of guanidine groups is 1. The van der Waals surface area contributed by atoms with E-state index in [2.05, 4.69) is 21.7 Å². The summed E-state index contributed by atoms with van der Waals surface area (Å²) in [7, 11) is 5.10. The Balaban J connectivity index is 0.00000480. The minimum Gasteiger partial charge on any atom is -0.496 e. The van der Waals surface area contributed by atoms with Crippen LogP contribution in [0.25, 0.3) is 0 Å². The summed E-state index contributed by atoms with van der Waals surface area (Å²) >= 11 is 0. The van der Waals surface area contributed by atoms with Crippen LogP contribution in [0.15, 0.2) is 53.5 Å². The number of ether oxygens (including phenoxy) is 2. The Hall–Kier alpha value is -2.49. The lowest BCUT2D eigenvalue weighted by atomic mass is 10.1. The number of para-hydroxylation sites is 1. The maximum absolute atomic E-state index is 11.7. The third kappa shape index (κ3) is 9.46. The first-order valence-corrected chi connectivity index (χ1v) is 10.1. The van der Waals surface area contributed by atoms with Crippen molar-refractivity contribution in [2.24, 2.45) is 4.99 Å². The third-order valence-electron chi connectivity index (χ3n) is 4.40. The van der Waals surface area contributed by atoms with Gasteiger partial charge < -0.3 is 25.0 Å². The zero-order valence-electron chi connectivity index (χ0n) is 18.7. The molecule has 2 aromatic carbocycles. The maximum Gasteiger partial charge on any atom is 0.259 e. The molecule has 0 saturated carbocycles. The van der Waals surface area contributed by atoms with Gasteiger partial charge in [-0.2, -0.15) is 0 Å². The molecule has 0 aromatic heterocycles. The highest BCUT2D eigenvalue weighted by Crippen LogP contribution is 2.17. The Labute approximate surface area is 202 Å². The van der Waals surface area contributed by atoms with Crippen LogP contribution in [-0.4, -0.2) is 57.7 Å². The Morgan fingerprint density at radius 1 is 1.10 bits per heavy atom. The molecule has 0 fully saturated rings. The van der Waals surface area contributed by atoms with E-state index in [1.165, 1.54) is 4.90 Å². The van der Waals surface area contributed by atoms with Crippen LogP contribution in [0.2, 0.25) is 0 Å². The SMILES string of the molecule is CCNC(=NCc1cccc(OCC(=O)N(C)C)c1)NCCc1ccccc1OC.I. The molecule has 2 aromatic rings. The van der Waals surface area contributed by atoms with Gasteiger partial charge in [0.25, 0.3) is 5.91 Å². The van der Waals surface area contributed by atoms with Gasteiger partial charge in [0, 0.05) is 27.2 Å². The Bertz CT molecular complexity index is 843. The summed E-state index contributed by atoms with van der Waals surface area (Å²) in [5, 5.41) is 6.62. The average Bonchev–Trinajstić information content (AvgIpc) is 2.76. The molecule has 0 bridgehead atoms. The largest absolute Gasteiger partial charge is 0.496 e. The highest BCUT2D eigenvalue weighted by Gasteiger charge is 2.06. The minimum atomic E-state index is -0.0768. The van der Waals surface area contributed by atoms with E-state index in [1.807, 2.05) is 49.4 Å². The second-order valence-corrected chi connectivity index (χ2v) is 6.91. The van der Waals surface area contributed by atoms with Crippen LogP contribution < -0.4 is 20.1 Å². The van der Waals surface area contributed by atoms with E-state index in [-0.39, 0.29) is 36.5 Å². The summed E-state index contributed by atoms with van der Waals surface area (Å²) in [6.07, 6.45) is 0.831. The Morgan fingerprint density at radius 3 is 2.58 bits per heavy atom. The molecule has 0 unspecified atom stereocenters. The number of rotatable bonds is 10. The molecule has 0 aliphatic rings. The van der Waals surface area contributed by atoms with Crippen LogP contribution in [0, 0.1) is 0 Å². The van der Waals surface area contributed by atoms with Crippen molar-refractivity contribution in [3.8, 4) is 11.5 Å². The average molecular weight is 540 g/mol. The summed E-state index contributed by atoms with van der Waals surface area (Å²) in [4.78, 5) is 17.8. The van der Waals surface area contributed by atoms with Crippen molar-refractivity contribution in [1.29, 1.82) is 0 Å². The summed E-state index contributed by atoms with van der Waals surface area (Å²) < 4.78 is 11.0. The lowest BCUT2D eigenvalue weighted by molar-refractivity contribution is -0.130. The molecule has 0 aliphatic carbocycles. The Morgan fingerprint density at radius 2 is 1.87 bits per heavy atom.